The highest BCUT2D eigenvalue weighted by Crippen LogP contribution is 2.29. The summed E-state index contributed by atoms with van der Waals surface area (Å²) in [6.45, 7) is 1.43. The predicted molar refractivity (Wildman–Crippen MR) is 102 cm³/mol. The molecule has 2 aromatic rings. The van der Waals surface area contributed by atoms with Crippen molar-refractivity contribution in [3.63, 3.8) is 0 Å². The third-order valence-electron chi connectivity index (χ3n) is 4.17. The summed E-state index contributed by atoms with van der Waals surface area (Å²) in [5, 5.41) is 0. The number of benzene rings is 1. The Morgan fingerprint density at radius 3 is 2.35 bits per heavy atom. The van der Waals surface area contributed by atoms with E-state index in [4.69, 9.17) is 0 Å². The molecule has 0 spiro atoms. The molecule has 0 unspecified atom stereocenters. The number of carbonyl (C=O) groups is 1. The van der Waals surface area contributed by atoms with Crippen molar-refractivity contribution in [1.29, 1.82) is 0 Å². The number of sulfonamides is 1. The number of nitrogens with zero attached hydrogens (tertiary/aromatic N) is 2. The number of halogens is 1. The fourth-order valence-corrected chi connectivity index (χ4v) is 4.45. The monoisotopic (exact) mass is 394 g/mol. The fourth-order valence-electron chi connectivity index (χ4n) is 2.71. The number of amides is 1. The van der Waals surface area contributed by atoms with Crippen LogP contribution in [0.25, 0.3) is 16.5 Å². The van der Waals surface area contributed by atoms with Crippen LogP contribution in [-0.2, 0) is 14.8 Å². The summed E-state index contributed by atoms with van der Waals surface area (Å²) in [4.78, 5) is 15.8. The van der Waals surface area contributed by atoms with Crippen molar-refractivity contribution in [2.24, 2.45) is 0 Å². The van der Waals surface area contributed by atoms with Gasteiger partial charge in [-0.05, 0) is 35.9 Å². The third kappa shape index (κ3) is 4.57. The molecule has 0 radical (unpaired) electrons. The zero-order valence-corrected chi connectivity index (χ0v) is 15.9. The van der Waals surface area contributed by atoms with Crippen molar-refractivity contribution in [2.75, 3.05) is 32.4 Å². The SMILES string of the molecule is CS(=O)(=O)N1CCN(C(=O)/C=C/c2ccc(-c3ccc(F)cc3)s2)CC1. The molecule has 1 saturated heterocycles. The molecule has 1 aliphatic heterocycles. The van der Waals surface area contributed by atoms with E-state index in [9.17, 15) is 17.6 Å². The van der Waals surface area contributed by atoms with E-state index in [2.05, 4.69) is 0 Å². The van der Waals surface area contributed by atoms with Crippen molar-refractivity contribution in [3.05, 3.63) is 53.2 Å². The Kier molecular flexibility index (Phi) is 5.55. The molecule has 5 nitrogen and oxygen atoms in total. The second kappa shape index (κ2) is 7.69. The van der Waals surface area contributed by atoms with Gasteiger partial charge in [-0.1, -0.05) is 12.1 Å². The summed E-state index contributed by atoms with van der Waals surface area (Å²) < 4.78 is 37.4. The molecule has 0 bridgehead atoms. The van der Waals surface area contributed by atoms with E-state index in [1.165, 1.54) is 40.1 Å². The van der Waals surface area contributed by atoms with Crippen molar-refractivity contribution >= 4 is 33.3 Å². The Bertz CT molecular complexity index is 912. The Morgan fingerprint density at radius 2 is 1.73 bits per heavy atom. The lowest BCUT2D eigenvalue weighted by Crippen LogP contribution is -2.49. The molecule has 138 valence electrons. The van der Waals surface area contributed by atoms with E-state index in [0.29, 0.717) is 26.2 Å². The maximum Gasteiger partial charge on any atom is 0.246 e. The van der Waals surface area contributed by atoms with Crippen LogP contribution in [0.15, 0.2) is 42.5 Å². The van der Waals surface area contributed by atoms with Gasteiger partial charge in [-0.3, -0.25) is 4.79 Å². The van der Waals surface area contributed by atoms with Crippen molar-refractivity contribution in [3.8, 4) is 10.4 Å². The summed E-state index contributed by atoms with van der Waals surface area (Å²) in [7, 11) is -3.20. The van der Waals surface area contributed by atoms with Crippen LogP contribution in [0.5, 0.6) is 0 Å². The summed E-state index contributed by atoms with van der Waals surface area (Å²) >= 11 is 1.52. The molecule has 1 aliphatic rings. The predicted octanol–water partition coefficient (Wildman–Crippen LogP) is 2.67. The Balaban J connectivity index is 1.60. The van der Waals surface area contributed by atoms with Gasteiger partial charge in [0, 0.05) is 42.0 Å². The van der Waals surface area contributed by atoms with E-state index in [1.807, 2.05) is 12.1 Å². The van der Waals surface area contributed by atoms with Crippen LogP contribution in [0.4, 0.5) is 4.39 Å². The van der Waals surface area contributed by atoms with Gasteiger partial charge < -0.3 is 4.90 Å². The van der Waals surface area contributed by atoms with Gasteiger partial charge in [0.15, 0.2) is 0 Å². The topological polar surface area (TPSA) is 57.7 Å². The first-order chi connectivity index (χ1) is 12.3. The minimum absolute atomic E-state index is 0.130. The molecule has 1 aromatic carbocycles. The van der Waals surface area contributed by atoms with Gasteiger partial charge in [0.05, 0.1) is 6.26 Å². The lowest BCUT2D eigenvalue weighted by Gasteiger charge is -2.32. The average Bonchev–Trinajstić information content (AvgIpc) is 3.08. The second-order valence-corrected chi connectivity index (χ2v) is 9.13. The number of piperazine rings is 1. The first-order valence-electron chi connectivity index (χ1n) is 8.11. The molecular weight excluding hydrogens is 375 g/mol. The van der Waals surface area contributed by atoms with Crippen LogP contribution in [0.2, 0.25) is 0 Å². The maximum atomic E-state index is 13.0. The van der Waals surface area contributed by atoms with Crippen molar-refractivity contribution < 1.29 is 17.6 Å². The van der Waals surface area contributed by atoms with E-state index in [0.717, 1.165) is 15.3 Å². The normalized spacial score (nSPS) is 16.3. The smallest absolute Gasteiger partial charge is 0.246 e. The molecule has 1 fully saturated rings. The van der Waals surface area contributed by atoms with E-state index in [-0.39, 0.29) is 11.7 Å². The summed E-state index contributed by atoms with van der Waals surface area (Å²) in [6, 6.07) is 10.1. The Hall–Kier alpha value is -2.03. The van der Waals surface area contributed by atoms with E-state index < -0.39 is 10.0 Å². The van der Waals surface area contributed by atoms with Gasteiger partial charge in [-0.25, -0.2) is 12.8 Å². The number of rotatable bonds is 4. The van der Waals surface area contributed by atoms with Gasteiger partial charge in [-0.15, -0.1) is 11.3 Å². The van der Waals surface area contributed by atoms with Crippen LogP contribution < -0.4 is 0 Å². The molecule has 8 heteroatoms. The Morgan fingerprint density at radius 1 is 1.08 bits per heavy atom. The standard InChI is InChI=1S/C18H19FN2O3S2/c1-26(23,24)21-12-10-20(11-13-21)18(22)9-7-16-6-8-17(25-16)14-2-4-15(19)5-3-14/h2-9H,10-13H2,1H3/b9-7+. The van der Waals surface area contributed by atoms with Crippen LogP contribution in [0.3, 0.4) is 0 Å². The molecule has 1 amide bonds. The molecule has 3 rings (SSSR count). The molecule has 0 atom stereocenters. The van der Waals surface area contributed by atoms with Crippen LogP contribution in [-0.4, -0.2) is 56.0 Å². The highest BCUT2D eigenvalue weighted by Gasteiger charge is 2.24. The molecule has 0 aliphatic carbocycles. The van der Waals surface area contributed by atoms with Gasteiger partial charge in [-0.2, -0.15) is 4.31 Å². The molecule has 2 heterocycles. The van der Waals surface area contributed by atoms with Crippen molar-refractivity contribution in [1.82, 2.24) is 9.21 Å². The van der Waals surface area contributed by atoms with Crippen LogP contribution >= 0.6 is 11.3 Å². The molecular formula is C18H19FN2O3S2. The van der Waals surface area contributed by atoms with Gasteiger partial charge in [0.1, 0.15) is 5.82 Å². The zero-order chi connectivity index (χ0) is 18.7. The van der Waals surface area contributed by atoms with E-state index in [1.54, 1.807) is 23.1 Å². The zero-order valence-electron chi connectivity index (χ0n) is 14.3. The molecule has 0 N–H and O–H groups in total. The largest absolute Gasteiger partial charge is 0.337 e. The summed E-state index contributed by atoms with van der Waals surface area (Å²) in [5.41, 5.74) is 0.930. The van der Waals surface area contributed by atoms with E-state index >= 15 is 0 Å². The number of hydrogen-bond acceptors (Lipinski definition) is 4. The lowest BCUT2D eigenvalue weighted by atomic mass is 10.2. The highest BCUT2D eigenvalue weighted by molar-refractivity contribution is 7.88. The first kappa shape index (κ1) is 18.8. The van der Waals surface area contributed by atoms with Crippen LogP contribution in [0, 0.1) is 5.82 Å². The molecule has 0 saturated carbocycles. The minimum Gasteiger partial charge on any atom is -0.337 e. The minimum atomic E-state index is -3.20. The van der Waals surface area contributed by atoms with Crippen molar-refractivity contribution in [2.45, 2.75) is 0 Å². The maximum absolute atomic E-state index is 13.0. The summed E-state index contributed by atoms with van der Waals surface area (Å²) in [6.07, 6.45) is 4.44. The Labute approximate surface area is 156 Å². The average molecular weight is 394 g/mol. The van der Waals surface area contributed by atoms with Gasteiger partial charge in [0.25, 0.3) is 0 Å². The van der Waals surface area contributed by atoms with Crippen LogP contribution in [0.1, 0.15) is 4.88 Å². The molecule has 26 heavy (non-hydrogen) atoms. The summed E-state index contributed by atoms with van der Waals surface area (Å²) in [5.74, 6) is -0.401. The number of carbonyl (C=O) groups excluding carboxylic acids is 1. The second-order valence-electron chi connectivity index (χ2n) is 6.03. The number of hydrogen-bond donors (Lipinski definition) is 0. The number of thiophene rings is 1. The van der Waals surface area contributed by atoms with Gasteiger partial charge in [0.2, 0.25) is 15.9 Å². The fraction of sp³-hybridized carbons (Fsp3) is 0.278. The highest BCUT2D eigenvalue weighted by atomic mass is 32.2. The molecule has 1 aromatic heterocycles. The third-order valence-corrected chi connectivity index (χ3v) is 6.57. The lowest BCUT2D eigenvalue weighted by molar-refractivity contribution is -0.127. The van der Waals surface area contributed by atoms with Gasteiger partial charge >= 0.3 is 0 Å². The first-order valence-corrected chi connectivity index (χ1v) is 10.8. The quantitative estimate of drug-likeness (QED) is 0.749.